The van der Waals surface area contributed by atoms with E-state index in [1.807, 2.05) is 13.0 Å². The monoisotopic (exact) mass is 265 g/mol. The summed E-state index contributed by atoms with van der Waals surface area (Å²) < 4.78 is 13.9. The number of anilines is 1. The zero-order valence-corrected chi connectivity index (χ0v) is 12.1. The van der Waals surface area contributed by atoms with Gasteiger partial charge in [-0.3, -0.25) is 4.90 Å². The lowest BCUT2D eigenvalue weighted by atomic mass is 10.0. The zero-order chi connectivity index (χ0) is 14.0. The molecule has 1 saturated heterocycles. The first-order chi connectivity index (χ1) is 9.00. The molecule has 0 aliphatic carbocycles. The fourth-order valence-electron chi connectivity index (χ4n) is 2.73. The molecule has 19 heavy (non-hydrogen) atoms. The summed E-state index contributed by atoms with van der Waals surface area (Å²) in [5.41, 5.74) is 7.52. The van der Waals surface area contributed by atoms with E-state index in [1.54, 1.807) is 6.07 Å². The minimum atomic E-state index is -0.278. The van der Waals surface area contributed by atoms with Gasteiger partial charge < -0.3 is 10.6 Å². The van der Waals surface area contributed by atoms with E-state index in [0.717, 1.165) is 31.9 Å². The lowest BCUT2D eigenvalue weighted by molar-refractivity contribution is 0.209. The molecule has 2 N–H and O–H groups in total. The average Bonchev–Trinajstić information content (AvgIpc) is 2.38. The Morgan fingerprint density at radius 2 is 1.74 bits per heavy atom. The Hall–Kier alpha value is -1.13. The molecule has 2 rings (SSSR count). The summed E-state index contributed by atoms with van der Waals surface area (Å²) in [4.78, 5) is 4.70. The van der Waals surface area contributed by atoms with Crippen LogP contribution < -0.4 is 10.6 Å². The maximum Gasteiger partial charge on any atom is 0.130 e. The van der Waals surface area contributed by atoms with Gasteiger partial charge in [0.25, 0.3) is 0 Å². The number of halogens is 1. The first-order valence-corrected chi connectivity index (χ1v) is 7.03. The first kappa shape index (κ1) is 14.3. The molecule has 0 aromatic heterocycles. The number of nitrogens with two attached hydrogens (primary N) is 1. The lowest BCUT2D eigenvalue weighted by Crippen LogP contribution is -2.49. The Labute approximate surface area is 115 Å². The van der Waals surface area contributed by atoms with E-state index in [2.05, 4.69) is 23.6 Å². The van der Waals surface area contributed by atoms with Crippen LogP contribution >= 0.6 is 0 Å². The van der Waals surface area contributed by atoms with E-state index in [0.29, 0.717) is 11.6 Å². The normalized spacial score (nSPS) is 18.9. The third kappa shape index (κ3) is 3.07. The van der Waals surface area contributed by atoms with Gasteiger partial charge in [0, 0.05) is 49.5 Å². The highest BCUT2D eigenvalue weighted by molar-refractivity contribution is 5.55. The Balaban J connectivity index is 2.18. The van der Waals surface area contributed by atoms with Gasteiger partial charge in [-0.2, -0.15) is 0 Å². The molecule has 3 nitrogen and oxygen atoms in total. The van der Waals surface area contributed by atoms with Gasteiger partial charge in [0.1, 0.15) is 5.82 Å². The summed E-state index contributed by atoms with van der Waals surface area (Å²) in [7, 11) is 0. The van der Waals surface area contributed by atoms with Crippen LogP contribution in [0.2, 0.25) is 0 Å². The second kappa shape index (κ2) is 5.88. The fourth-order valence-corrected chi connectivity index (χ4v) is 2.73. The van der Waals surface area contributed by atoms with Crippen molar-refractivity contribution in [3.05, 3.63) is 29.6 Å². The topological polar surface area (TPSA) is 32.5 Å². The first-order valence-electron chi connectivity index (χ1n) is 7.03. The molecule has 0 bridgehead atoms. The second-order valence-corrected chi connectivity index (χ2v) is 5.58. The van der Waals surface area contributed by atoms with E-state index in [-0.39, 0.29) is 11.9 Å². The van der Waals surface area contributed by atoms with Crippen molar-refractivity contribution in [2.75, 3.05) is 31.1 Å². The van der Waals surface area contributed by atoms with Gasteiger partial charge in [-0.05, 0) is 32.9 Å². The number of benzene rings is 1. The molecule has 1 aliphatic heterocycles. The van der Waals surface area contributed by atoms with Crippen LogP contribution in [0.1, 0.15) is 32.4 Å². The SMILES string of the molecule is CC(C)N1CCN(c2cccc(F)c2[C@H](C)N)CC1. The van der Waals surface area contributed by atoms with Crippen molar-refractivity contribution in [3.63, 3.8) is 0 Å². The third-order valence-corrected chi connectivity index (χ3v) is 3.87. The number of rotatable bonds is 3. The molecule has 106 valence electrons. The van der Waals surface area contributed by atoms with E-state index in [1.165, 1.54) is 6.07 Å². The van der Waals surface area contributed by atoms with Crippen LogP contribution in [0.25, 0.3) is 0 Å². The Kier molecular flexibility index (Phi) is 4.42. The summed E-state index contributed by atoms with van der Waals surface area (Å²) in [6.07, 6.45) is 0. The van der Waals surface area contributed by atoms with Crippen LogP contribution in [-0.2, 0) is 0 Å². The highest BCUT2D eigenvalue weighted by atomic mass is 19.1. The van der Waals surface area contributed by atoms with E-state index < -0.39 is 0 Å². The molecule has 1 heterocycles. The van der Waals surface area contributed by atoms with Crippen LogP contribution in [0.3, 0.4) is 0 Å². The van der Waals surface area contributed by atoms with Crippen molar-refractivity contribution in [2.24, 2.45) is 5.73 Å². The smallest absolute Gasteiger partial charge is 0.130 e. The second-order valence-electron chi connectivity index (χ2n) is 5.58. The number of nitrogens with zero attached hydrogens (tertiary/aromatic N) is 2. The molecule has 1 fully saturated rings. The van der Waals surface area contributed by atoms with E-state index >= 15 is 0 Å². The maximum atomic E-state index is 13.9. The predicted molar refractivity (Wildman–Crippen MR) is 77.9 cm³/mol. The Morgan fingerprint density at radius 3 is 2.26 bits per heavy atom. The number of hydrogen-bond donors (Lipinski definition) is 1. The quantitative estimate of drug-likeness (QED) is 0.910. The molecular formula is C15H24FN3. The van der Waals surface area contributed by atoms with Crippen LogP contribution in [0.15, 0.2) is 18.2 Å². The Bertz CT molecular complexity index is 423. The zero-order valence-electron chi connectivity index (χ0n) is 12.1. The maximum absolute atomic E-state index is 13.9. The average molecular weight is 265 g/mol. The van der Waals surface area contributed by atoms with Gasteiger partial charge in [-0.15, -0.1) is 0 Å². The molecule has 1 aromatic carbocycles. The van der Waals surface area contributed by atoms with Crippen LogP contribution in [0.4, 0.5) is 10.1 Å². The van der Waals surface area contributed by atoms with Crippen LogP contribution in [0.5, 0.6) is 0 Å². The minimum absolute atomic E-state index is 0.196. The summed E-state index contributed by atoms with van der Waals surface area (Å²) in [6, 6.07) is 5.53. The molecule has 1 aliphatic rings. The number of piperazine rings is 1. The fraction of sp³-hybridized carbons (Fsp3) is 0.600. The molecule has 1 atom stereocenters. The van der Waals surface area contributed by atoms with Crippen molar-refractivity contribution >= 4 is 5.69 Å². The molecule has 1 aromatic rings. The molecule has 0 radical (unpaired) electrons. The molecule has 0 spiro atoms. The molecule has 4 heteroatoms. The van der Waals surface area contributed by atoms with Gasteiger partial charge in [-0.1, -0.05) is 6.07 Å². The van der Waals surface area contributed by atoms with Crippen LogP contribution in [0, 0.1) is 5.82 Å². The van der Waals surface area contributed by atoms with Crippen LogP contribution in [-0.4, -0.2) is 37.1 Å². The third-order valence-electron chi connectivity index (χ3n) is 3.87. The summed E-state index contributed by atoms with van der Waals surface area (Å²) in [5.74, 6) is -0.196. The van der Waals surface area contributed by atoms with Gasteiger partial charge in [0.05, 0.1) is 0 Å². The highest BCUT2D eigenvalue weighted by Gasteiger charge is 2.22. The van der Waals surface area contributed by atoms with E-state index in [9.17, 15) is 4.39 Å². The summed E-state index contributed by atoms with van der Waals surface area (Å²) in [6.45, 7) is 10.2. The van der Waals surface area contributed by atoms with Gasteiger partial charge in [0.2, 0.25) is 0 Å². The van der Waals surface area contributed by atoms with Crippen molar-refractivity contribution in [2.45, 2.75) is 32.9 Å². The molecule has 0 unspecified atom stereocenters. The largest absolute Gasteiger partial charge is 0.369 e. The van der Waals surface area contributed by atoms with Gasteiger partial charge in [0.15, 0.2) is 0 Å². The summed E-state index contributed by atoms with van der Waals surface area (Å²) >= 11 is 0. The van der Waals surface area contributed by atoms with Crippen molar-refractivity contribution in [3.8, 4) is 0 Å². The minimum Gasteiger partial charge on any atom is -0.369 e. The Morgan fingerprint density at radius 1 is 1.11 bits per heavy atom. The van der Waals surface area contributed by atoms with Crippen molar-refractivity contribution < 1.29 is 4.39 Å². The van der Waals surface area contributed by atoms with Gasteiger partial charge >= 0.3 is 0 Å². The van der Waals surface area contributed by atoms with Crippen molar-refractivity contribution in [1.82, 2.24) is 4.90 Å². The predicted octanol–water partition coefficient (Wildman–Crippen LogP) is 2.38. The van der Waals surface area contributed by atoms with Gasteiger partial charge in [-0.25, -0.2) is 4.39 Å². The highest BCUT2D eigenvalue weighted by Crippen LogP contribution is 2.28. The summed E-state index contributed by atoms with van der Waals surface area (Å²) in [5, 5.41) is 0. The van der Waals surface area contributed by atoms with Crippen molar-refractivity contribution in [1.29, 1.82) is 0 Å². The standard InChI is InChI=1S/C15H24FN3/c1-11(2)18-7-9-19(10-8-18)14-6-4-5-13(16)15(14)12(3)17/h4-6,11-12H,7-10,17H2,1-3H3/t12-/m0/s1. The lowest BCUT2D eigenvalue weighted by Gasteiger charge is -2.39. The molecule has 0 saturated carbocycles. The molecule has 0 amide bonds. The molecular weight excluding hydrogens is 241 g/mol. The number of hydrogen-bond acceptors (Lipinski definition) is 3. The van der Waals surface area contributed by atoms with E-state index in [4.69, 9.17) is 5.73 Å².